The first-order chi connectivity index (χ1) is 14.1. The van der Waals surface area contributed by atoms with Gasteiger partial charge in [-0.25, -0.2) is 9.97 Å². The molecule has 8 nitrogen and oxygen atoms in total. The number of carbonyl (C=O) groups excluding carboxylic acids is 1. The molecule has 0 bridgehead atoms. The van der Waals surface area contributed by atoms with Crippen molar-refractivity contribution in [1.82, 2.24) is 9.97 Å². The summed E-state index contributed by atoms with van der Waals surface area (Å²) in [5.74, 6) is 2.18. The van der Waals surface area contributed by atoms with E-state index in [0.29, 0.717) is 35.3 Å². The zero-order valence-electron chi connectivity index (χ0n) is 16.4. The van der Waals surface area contributed by atoms with Crippen molar-refractivity contribution >= 4 is 17.4 Å². The number of hydrogen-bond acceptors (Lipinski definition) is 7. The second-order valence-corrected chi connectivity index (χ2v) is 6.02. The Kier molecular flexibility index (Phi) is 6.47. The molecule has 0 aliphatic rings. The molecule has 150 valence electrons. The lowest BCUT2D eigenvalue weighted by atomic mass is 10.2. The summed E-state index contributed by atoms with van der Waals surface area (Å²) in [6.45, 7) is 0.518. The fraction of sp³-hybridized carbons (Fsp3) is 0.190. The first-order valence-corrected chi connectivity index (χ1v) is 8.85. The van der Waals surface area contributed by atoms with Crippen molar-refractivity contribution in [3.63, 3.8) is 0 Å². The molecule has 0 saturated carbocycles. The van der Waals surface area contributed by atoms with Crippen LogP contribution in [0.2, 0.25) is 0 Å². The molecule has 0 aliphatic carbocycles. The highest BCUT2D eigenvalue weighted by molar-refractivity contribution is 6.02. The lowest BCUT2D eigenvalue weighted by molar-refractivity contribution is 0.102. The highest BCUT2D eigenvalue weighted by Gasteiger charge is 2.10. The number of rotatable bonds is 8. The third kappa shape index (κ3) is 5.13. The van der Waals surface area contributed by atoms with Gasteiger partial charge in [0.1, 0.15) is 17.3 Å². The summed E-state index contributed by atoms with van der Waals surface area (Å²) in [5, 5.41) is 5.93. The van der Waals surface area contributed by atoms with E-state index in [1.807, 2.05) is 18.2 Å². The minimum atomic E-state index is -0.350. The van der Waals surface area contributed by atoms with Crippen LogP contribution in [0.1, 0.15) is 16.1 Å². The molecule has 0 spiro atoms. The predicted molar refractivity (Wildman–Crippen MR) is 110 cm³/mol. The van der Waals surface area contributed by atoms with E-state index in [0.717, 1.165) is 5.56 Å². The van der Waals surface area contributed by atoms with Crippen LogP contribution < -0.4 is 24.8 Å². The van der Waals surface area contributed by atoms with Gasteiger partial charge in [-0.2, -0.15) is 0 Å². The monoisotopic (exact) mass is 394 g/mol. The van der Waals surface area contributed by atoms with Crippen LogP contribution in [0, 0.1) is 0 Å². The van der Waals surface area contributed by atoms with Crippen LogP contribution in [0.3, 0.4) is 0 Å². The maximum Gasteiger partial charge on any atom is 0.275 e. The van der Waals surface area contributed by atoms with Crippen LogP contribution in [-0.4, -0.2) is 37.2 Å². The molecule has 1 heterocycles. The second kappa shape index (κ2) is 9.41. The highest BCUT2D eigenvalue weighted by atomic mass is 16.5. The summed E-state index contributed by atoms with van der Waals surface area (Å²) >= 11 is 0. The van der Waals surface area contributed by atoms with Gasteiger partial charge in [0.15, 0.2) is 11.5 Å². The fourth-order valence-electron chi connectivity index (χ4n) is 2.62. The van der Waals surface area contributed by atoms with Gasteiger partial charge in [0.2, 0.25) is 0 Å². The number of anilines is 2. The van der Waals surface area contributed by atoms with Gasteiger partial charge in [0.25, 0.3) is 5.91 Å². The van der Waals surface area contributed by atoms with Crippen LogP contribution >= 0.6 is 0 Å². The molecule has 0 aliphatic heterocycles. The van der Waals surface area contributed by atoms with Gasteiger partial charge in [-0.3, -0.25) is 4.79 Å². The number of methoxy groups -OCH3 is 3. The Balaban J connectivity index is 1.60. The van der Waals surface area contributed by atoms with Crippen molar-refractivity contribution in [3.05, 3.63) is 66.1 Å². The third-order valence-electron chi connectivity index (χ3n) is 4.13. The van der Waals surface area contributed by atoms with Gasteiger partial charge in [-0.05, 0) is 29.8 Å². The average molecular weight is 394 g/mol. The molecule has 0 saturated heterocycles. The van der Waals surface area contributed by atoms with Crippen molar-refractivity contribution in [2.75, 3.05) is 32.0 Å². The first-order valence-electron chi connectivity index (χ1n) is 8.85. The molecule has 0 fully saturated rings. The van der Waals surface area contributed by atoms with E-state index in [-0.39, 0.29) is 11.6 Å². The standard InChI is InChI=1S/C21H22N4O4/c1-27-16-6-4-5-15(10-16)25-21(26)17-12-24-20(13-22-17)23-11-14-7-8-18(28-2)19(9-14)29-3/h4-10,12-13H,11H2,1-3H3,(H,23,24)(H,25,26). The Morgan fingerprint density at radius 2 is 1.76 bits per heavy atom. The Hall–Kier alpha value is -3.81. The first kappa shape index (κ1) is 19.9. The van der Waals surface area contributed by atoms with E-state index in [2.05, 4.69) is 20.6 Å². The summed E-state index contributed by atoms with van der Waals surface area (Å²) in [6, 6.07) is 12.7. The van der Waals surface area contributed by atoms with Crippen LogP contribution in [0.4, 0.5) is 11.5 Å². The van der Waals surface area contributed by atoms with Gasteiger partial charge < -0.3 is 24.8 Å². The zero-order valence-corrected chi connectivity index (χ0v) is 16.4. The summed E-state index contributed by atoms with van der Waals surface area (Å²) in [6.07, 6.45) is 2.94. The largest absolute Gasteiger partial charge is 0.497 e. The molecule has 29 heavy (non-hydrogen) atoms. The van der Waals surface area contributed by atoms with Gasteiger partial charge in [-0.15, -0.1) is 0 Å². The van der Waals surface area contributed by atoms with E-state index in [9.17, 15) is 4.79 Å². The molecule has 3 aromatic rings. The number of benzene rings is 2. The normalized spacial score (nSPS) is 10.2. The van der Waals surface area contributed by atoms with Crippen LogP contribution in [0.5, 0.6) is 17.2 Å². The van der Waals surface area contributed by atoms with E-state index in [1.165, 1.54) is 12.4 Å². The minimum Gasteiger partial charge on any atom is -0.497 e. The molecule has 1 amide bonds. The Labute approximate surface area is 168 Å². The van der Waals surface area contributed by atoms with Gasteiger partial charge in [0.05, 0.1) is 33.7 Å². The Bertz CT molecular complexity index is 977. The number of carbonyl (C=O) groups is 1. The Morgan fingerprint density at radius 3 is 2.45 bits per heavy atom. The molecule has 2 N–H and O–H groups in total. The van der Waals surface area contributed by atoms with Crippen molar-refractivity contribution in [2.24, 2.45) is 0 Å². The molecule has 2 aromatic carbocycles. The fourth-order valence-corrected chi connectivity index (χ4v) is 2.62. The van der Waals surface area contributed by atoms with Gasteiger partial charge in [-0.1, -0.05) is 12.1 Å². The van der Waals surface area contributed by atoms with Crippen LogP contribution in [-0.2, 0) is 6.54 Å². The predicted octanol–water partition coefficient (Wildman–Crippen LogP) is 3.37. The molecule has 0 radical (unpaired) electrons. The molecule has 1 aromatic heterocycles. The number of aromatic nitrogens is 2. The minimum absolute atomic E-state index is 0.212. The van der Waals surface area contributed by atoms with Crippen molar-refractivity contribution < 1.29 is 19.0 Å². The van der Waals surface area contributed by atoms with E-state index in [4.69, 9.17) is 14.2 Å². The third-order valence-corrected chi connectivity index (χ3v) is 4.13. The maximum atomic E-state index is 12.3. The van der Waals surface area contributed by atoms with Crippen molar-refractivity contribution in [1.29, 1.82) is 0 Å². The number of nitrogens with zero attached hydrogens (tertiary/aromatic N) is 2. The summed E-state index contributed by atoms with van der Waals surface area (Å²) in [7, 11) is 4.76. The smallest absolute Gasteiger partial charge is 0.275 e. The number of ether oxygens (including phenoxy) is 3. The molecular formula is C21H22N4O4. The lowest BCUT2D eigenvalue weighted by Gasteiger charge is -2.11. The van der Waals surface area contributed by atoms with Gasteiger partial charge >= 0.3 is 0 Å². The molecule has 0 unspecified atom stereocenters. The number of hydrogen-bond donors (Lipinski definition) is 2. The lowest BCUT2D eigenvalue weighted by Crippen LogP contribution is -2.14. The molecular weight excluding hydrogens is 372 g/mol. The molecule has 8 heteroatoms. The number of amides is 1. The summed E-state index contributed by atoms with van der Waals surface area (Å²) < 4.78 is 15.7. The SMILES string of the molecule is COc1cccc(NC(=O)c2cnc(NCc3ccc(OC)c(OC)c3)cn2)c1. The maximum absolute atomic E-state index is 12.3. The zero-order chi connectivity index (χ0) is 20.6. The summed E-state index contributed by atoms with van der Waals surface area (Å²) in [4.78, 5) is 20.8. The number of nitrogens with one attached hydrogen (secondary N) is 2. The quantitative estimate of drug-likeness (QED) is 0.605. The van der Waals surface area contributed by atoms with Crippen LogP contribution in [0.15, 0.2) is 54.9 Å². The molecule has 0 atom stereocenters. The van der Waals surface area contributed by atoms with Crippen molar-refractivity contribution in [3.8, 4) is 17.2 Å². The van der Waals surface area contributed by atoms with Gasteiger partial charge in [0, 0.05) is 18.3 Å². The Morgan fingerprint density at radius 1 is 0.931 bits per heavy atom. The average Bonchev–Trinajstić information content (AvgIpc) is 2.77. The van der Waals surface area contributed by atoms with Crippen molar-refractivity contribution in [2.45, 2.75) is 6.54 Å². The topological polar surface area (TPSA) is 94.6 Å². The van der Waals surface area contributed by atoms with E-state index < -0.39 is 0 Å². The summed E-state index contributed by atoms with van der Waals surface area (Å²) in [5.41, 5.74) is 1.82. The van der Waals surface area contributed by atoms with Crippen LogP contribution in [0.25, 0.3) is 0 Å². The van der Waals surface area contributed by atoms with E-state index >= 15 is 0 Å². The van der Waals surface area contributed by atoms with E-state index in [1.54, 1.807) is 45.6 Å². The molecule has 3 rings (SSSR count). The second-order valence-electron chi connectivity index (χ2n) is 6.02. The highest BCUT2D eigenvalue weighted by Crippen LogP contribution is 2.27.